The van der Waals surface area contributed by atoms with Crippen LogP contribution in [-0.2, 0) is 11.3 Å². The summed E-state index contributed by atoms with van der Waals surface area (Å²) in [6.07, 6.45) is 2.62. The number of carbonyl (C=O) groups excluding carboxylic acids is 1. The number of hydrogen-bond donors (Lipinski definition) is 1. The first-order chi connectivity index (χ1) is 10.1. The Hall–Kier alpha value is -1.46. The molecular weight excluding hydrogens is 269 g/mol. The SMILES string of the molecule is CN(Cc1cccc(F)c1)C(CN)CC(=O)N1CCCC1. The molecule has 21 heavy (non-hydrogen) atoms. The first kappa shape index (κ1) is 15.9. The number of benzene rings is 1. The second kappa shape index (κ2) is 7.52. The fraction of sp³-hybridized carbons (Fsp3) is 0.562. The molecule has 0 aliphatic carbocycles. The maximum absolute atomic E-state index is 13.2. The van der Waals surface area contributed by atoms with E-state index in [4.69, 9.17) is 5.73 Å². The Balaban J connectivity index is 1.91. The summed E-state index contributed by atoms with van der Waals surface area (Å²) in [5.41, 5.74) is 6.71. The zero-order chi connectivity index (χ0) is 15.2. The van der Waals surface area contributed by atoms with Crippen LogP contribution in [-0.4, -0.2) is 48.4 Å². The lowest BCUT2D eigenvalue weighted by Gasteiger charge is -2.28. The monoisotopic (exact) mass is 293 g/mol. The van der Waals surface area contributed by atoms with Crippen molar-refractivity contribution in [2.75, 3.05) is 26.7 Å². The number of hydrogen-bond acceptors (Lipinski definition) is 3. The average molecular weight is 293 g/mol. The summed E-state index contributed by atoms with van der Waals surface area (Å²) in [6, 6.07) is 6.52. The number of carbonyl (C=O) groups is 1. The molecule has 116 valence electrons. The second-order valence-electron chi connectivity index (χ2n) is 5.73. The molecule has 4 nitrogen and oxygen atoms in total. The number of nitrogens with two attached hydrogens (primary N) is 1. The van der Waals surface area contributed by atoms with Gasteiger partial charge in [-0.1, -0.05) is 12.1 Å². The van der Waals surface area contributed by atoms with Crippen LogP contribution < -0.4 is 5.73 Å². The number of rotatable bonds is 6. The minimum absolute atomic E-state index is 0.0126. The molecule has 1 amide bonds. The van der Waals surface area contributed by atoms with E-state index >= 15 is 0 Å². The molecule has 0 aromatic heterocycles. The van der Waals surface area contributed by atoms with E-state index in [-0.39, 0.29) is 17.8 Å². The van der Waals surface area contributed by atoms with Crippen molar-refractivity contribution in [3.05, 3.63) is 35.6 Å². The maximum atomic E-state index is 13.2. The standard InChI is InChI=1S/C16H24FN3O/c1-19(12-13-5-4-6-14(17)9-13)15(11-18)10-16(21)20-7-2-3-8-20/h4-6,9,15H,2-3,7-8,10-12,18H2,1H3. The molecular formula is C16H24FN3O. The highest BCUT2D eigenvalue weighted by molar-refractivity contribution is 5.77. The first-order valence-electron chi connectivity index (χ1n) is 7.52. The predicted octanol–water partition coefficient (Wildman–Crippen LogP) is 1.60. The van der Waals surface area contributed by atoms with Gasteiger partial charge >= 0.3 is 0 Å². The third-order valence-electron chi connectivity index (χ3n) is 4.09. The molecule has 1 aliphatic rings. The maximum Gasteiger partial charge on any atom is 0.224 e. The van der Waals surface area contributed by atoms with Gasteiger partial charge < -0.3 is 10.6 Å². The highest BCUT2D eigenvalue weighted by Crippen LogP contribution is 2.14. The van der Waals surface area contributed by atoms with Crippen LogP contribution >= 0.6 is 0 Å². The molecule has 1 saturated heterocycles. The van der Waals surface area contributed by atoms with Crippen molar-refractivity contribution >= 4 is 5.91 Å². The molecule has 1 unspecified atom stereocenters. The van der Waals surface area contributed by atoms with Crippen LogP contribution in [0.15, 0.2) is 24.3 Å². The number of nitrogens with zero attached hydrogens (tertiary/aromatic N) is 2. The van der Waals surface area contributed by atoms with Gasteiger partial charge in [-0.3, -0.25) is 9.69 Å². The summed E-state index contributed by atoms with van der Waals surface area (Å²) >= 11 is 0. The van der Waals surface area contributed by atoms with Gasteiger partial charge in [0.2, 0.25) is 5.91 Å². The van der Waals surface area contributed by atoms with Crippen LogP contribution in [0.5, 0.6) is 0 Å². The molecule has 0 spiro atoms. The second-order valence-corrected chi connectivity index (χ2v) is 5.73. The van der Waals surface area contributed by atoms with Gasteiger partial charge in [-0.15, -0.1) is 0 Å². The van der Waals surface area contributed by atoms with Crippen molar-refractivity contribution in [1.82, 2.24) is 9.80 Å². The summed E-state index contributed by atoms with van der Waals surface area (Å²) in [6.45, 7) is 2.74. The first-order valence-corrected chi connectivity index (χ1v) is 7.52. The van der Waals surface area contributed by atoms with Crippen molar-refractivity contribution in [3.63, 3.8) is 0 Å². The van der Waals surface area contributed by atoms with E-state index in [1.807, 2.05) is 22.9 Å². The summed E-state index contributed by atoms with van der Waals surface area (Å²) in [5, 5.41) is 0. The van der Waals surface area contributed by atoms with Gasteiger partial charge in [-0.05, 0) is 37.6 Å². The zero-order valence-corrected chi connectivity index (χ0v) is 12.6. The Bertz CT molecular complexity index is 474. The smallest absolute Gasteiger partial charge is 0.224 e. The van der Waals surface area contributed by atoms with Crippen molar-refractivity contribution < 1.29 is 9.18 Å². The van der Waals surface area contributed by atoms with E-state index in [1.165, 1.54) is 12.1 Å². The zero-order valence-electron chi connectivity index (χ0n) is 12.6. The molecule has 1 aliphatic heterocycles. The Morgan fingerprint density at radius 2 is 2.14 bits per heavy atom. The normalized spacial score (nSPS) is 16.5. The molecule has 2 rings (SSSR count). The van der Waals surface area contributed by atoms with Crippen LogP contribution in [0.25, 0.3) is 0 Å². The van der Waals surface area contributed by atoms with Gasteiger partial charge in [0.25, 0.3) is 0 Å². The number of halogens is 1. The van der Waals surface area contributed by atoms with Crippen molar-refractivity contribution in [3.8, 4) is 0 Å². The van der Waals surface area contributed by atoms with Gasteiger partial charge in [0.05, 0.1) is 0 Å². The summed E-state index contributed by atoms with van der Waals surface area (Å²) in [5.74, 6) is -0.0626. The molecule has 1 atom stereocenters. The predicted molar refractivity (Wildman–Crippen MR) is 81.1 cm³/mol. The molecule has 0 saturated carbocycles. The number of likely N-dealkylation sites (tertiary alicyclic amines) is 1. The van der Waals surface area contributed by atoms with E-state index in [0.29, 0.717) is 19.5 Å². The number of likely N-dealkylation sites (N-methyl/N-ethyl adjacent to an activating group) is 1. The van der Waals surface area contributed by atoms with Crippen LogP contribution in [0.2, 0.25) is 0 Å². The topological polar surface area (TPSA) is 49.6 Å². The van der Waals surface area contributed by atoms with Gasteiger partial charge in [0, 0.05) is 38.6 Å². The minimum Gasteiger partial charge on any atom is -0.343 e. The quantitative estimate of drug-likeness (QED) is 0.866. The molecule has 0 bridgehead atoms. The van der Waals surface area contributed by atoms with Crippen LogP contribution in [0, 0.1) is 5.82 Å². The van der Waals surface area contributed by atoms with E-state index in [1.54, 1.807) is 6.07 Å². The molecule has 1 aromatic rings. The third-order valence-corrected chi connectivity index (χ3v) is 4.09. The fourth-order valence-corrected chi connectivity index (χ4v) is 2.77. The van der Waals surface area contributed by atoms with E-state index in [0.717, 1.165) is 31.5 Å². The van der Waals surface area contributed by atoms with Gasteiger partial charge in [0.1, 0.15) is 5.82 Å². The summed E-state index contributed by atoms with van der Waals surface area (Å²) < 4.78 is 13.2. The van der Waals surface area contributed by atoms with Crippen LogP contribution in [0.1, 0.15) is 24.8 Å². The van der Waals surface area contributed by atoms with E-state index in [9.17, 15) is 9.18 Å². The molecule has 1 aromatic carbocycles. The lowest BCUT2D eigenvalue weighted by molar-refractivity contribution is -0.131. The van der Waals surface area contributed by atoms with E-state index < -0.39 is 0 Å². The van der Waals surface area contributed by atoms with Crippen molar-refractivity contribution in [1.29, 1.82) is 0 Å². The summed E-state index contributed by atoms with van der Waals surface area (Å²) in [4.78, 5) is 16.2. The summed E-state index contributed by atoms with van der Waals surface area (Å²) in [7, 11) is 1.93. The van der Waals surface area contributed by atoms with Crippen LogP contribution in [0.4, 0.5) is 4.39 Å². The highest BCUT2D eigenvalue weighted by atomic mass is 19.1. The largest absolute Gasteiger partial charge is 0.343 e. The Morgan fingerprint density at radius 3 is 2.76 bits per heavy atom. The lowest BCUT2D eigenvalue weighted by atomic mass is 10.1. The fourth-order valence-electron chi connectivity index (χ4n) is 2.77. The van der Waals surface area contributed by atoms with Crippen LogP contribution in [0.3, 0.4) is 0 Å². The van der Waals surface area contributed by atoms with Gasteiger partial charge in [0.15, 0.2) is 0 Å². The van der Waals surface area contributed by atoms with Crippen molar-refractivity contribution in [2.24, 2.45) is 5.73 Å². The molecule has 5 heteroatoms. The molecule has 0 radical (unpaired) electrons. The van der Waals surface area contributed by atoms with Gasteiger partial charge in [-0.25, -0.2) is 4.39 Å². The molecule has 1 heterocycles. The Labute approximate surface area is 125 Å². The third kappa shape index (κ3) is 4.51. The number of amides is 1. The van der Waals surface area contributed by atoms with Gasteiger partial charge in [-0.2, -0.15) is 0 Å². The van der Waals surface area contributed by atoms with E-state index in [2.05, 4.69) is 0 Å². The Morgan fingerprint density at radius 1 is 1.43 bits per heavy atom. The highest BCUT2D eigenvalue weighted by Gasteiger charge is 2.23. The minimum atomic E-state index is -0.238. The molecule has 2 N–H and O–H groups in total. The van der Waals surface area contributed by atoms with Crippen molar-refractivity contribution in [2.45, 2.75) is 31.8 Å². The average Bonchev–Trinajstić information content (AvgIpc) is 2.98. The lowest BCUT2D eigenvalue weighted by Crippen LogP contribution is -2.42. The molecule has 1 fully saturated rings. The Kier molecular flexibility index (Phi) is 5.70.